The first-order valence-corrected chi connectivity index (χ1v) is 3.53. The maximum Gasteiger partial charge on any atom is 0.0912 e. The fourth-order valence-corrected chi connectivity index (χ4v) is 0.733. The highest BCUT2D eigenvalue weighted by atomic mass is 14.2. The molecule has 10 heavy (non-hydrogen) atoms. The molecule has 1 nitrogen and oxygen atoms in total. The van der Waals surface area contributed by atoms with Gasteiger partial charge < -0.3 is 0 Å². The molecular formula is C9H13N. The smallest absolute Gasteiger partial charge is 0.0912 e. The quantitative estimate of drug-likeness (QED) is 0.431. The second kappa shape index (κ2) is 6.10. The number of allylic oxidation sites excluding steroid dienone is 4. The van der Waals surface area contributed by atoms with Gasteiger partial charge in [0.1, 0.15) is 0 Å². The minimum atomic E-state index is 1.12. The Morgan fingerprint density at radius 3 is 2.80 bits per heavy atom. The summed E-state index contributed by atoms with van der Waals surface area (Å²) in [5.41, 5.74) is 1.33. The van der Waals surface area contributed by atoms with Gasteiger partial charge in [0.2, 0.25) is 0 Å². The molecule has 54 valence electrons. The van der Waals surface area contributed by atoms with Crippen LogP contribution in [0.3, 0.4) is 0 Å². The predicted octanol–water partition coefficient (Wildman–Crippen LogP) is 2.81. The van der Waals surface area contributed by atoms with E-state index in [-0.39, 0.29) is 0 Å². The van der Waals surface area contributed by atoms with E-state index in [1.165, 1.54) is 18.1 Å². The Bertz CT molecular complexity index is 170. The summed E-state index contributed by atoms with van der Waals surface area (Å²) < 4.78 is 0. The molecule has 0 aliphatic carbocycles. The van der Waals surface area contributed by atoms with Gasteiger partial charge in [0.05, 0.1) is 6.07 Å². The molecule has 0 bridgehead atoms. The summed E-state index contributed by atoms with van der Waals surface area (Å²) in [7, 11) is 0. The largest absolute Gasteiger partial charge is 0.193 e. The summed E-state index contributed by atoms with van der Waals surface area (Å²) >= 11 is 0. The molecule has 0 spiro atoms. The van der Waals surface area contributed by atoms with Crippen molar-refractivity contribution in [2.24, 2.45) is 0 Å². The lowest BCUT2D eigenvalue weighted by Gasteiger charge is -1.91. The molecule has 0 rings (SSSR count). The Kier molecular flexibility index (Phi) is 5.47. The lowest BCUT2D eigenvalue weighted by atomic mass is 10.1. The fraction of sp³-hybridized carbons (Fsp3) is 0.444. The van der Waals surface area contributed by atoms with Crippen molar-refractivity contribution in [2.45, 2.75) is 26.7 Å². The van der Waals surface area contributed by atoms with Crippen molar-refractivity contribution >= 4 is 0 Å². The minimum absolute atomic E-state index is 1.12. The fourth-order valence-electron chi connectivity index (χ4n) is 0.733. The molecule has 0 aliphatic heterocycles. The van der Waals surface area contributed by atoms with Gasteiger partial charge in [-0.1, -0.05) is 31.1 Å². The van der Waals surface area contributed by atoms with Crippen LogP contribution in [0.5, 0.6) is 0 Å². The van der Waals surface area contributed by atoms with Gasteiger partial charge in [-0.15, -0.1) is 0 Å². The van der Waals surface area contributed by atoms with Gasteiger partial charge in [0, 0.05) is 6.08 Å². The van der Waals surface area contributed by atoms with Crippen LogP contribution in [-0.4, -0.2) is 0 Å². The van der Waals surface area contributed by atoms with Crippen LogP contribution in [0.1, 0.15) is 26.7 Å². The van der Waals surface area contributed by atoms with Gasteiger partial charge in [-0.3, -0.25) is 0 Å². The summed E-state index contributed by atoms with van der Waals surface area (Å²) in [6.45, 7) is 4.22. The van der Waals surface area contributed by atoms with Crippen LogP contribution < -0.4 is 0 Å². The van der Waals surface area contributed by atoms with E-state index in [9.17, 15) is 0 Å². The van der Waals surface area contributed by atoms with Crippen LogP contribution in [0.15, 0.2) is 23.8 Å². The topological polar surface area (TPSA) is 23.8 Å². The lowest BCUT2D eigenvalue weighted by Crippen LogP contribution is -1.71. The number of nitriles is 1. The third-order valence-electron chi connectivity index (χ3n) is 1.20. The van der Waals surface area contributed by atoms with Crippen molar-refractivity contribution in [1.29, 1.82) is 5.26 Å². The molecule has 0 fully saturated rings. The van der Waals surface area contributed by atoms with Gasteiger partial charge in [-0.25, -0.2) is 0 Å². The molecule has 0 aromatic heterocycles. The van der Waals surface area contributed by atoms with Crippen LogP contribution in [-0.2, 0) is 0 Å². The van der Waals surface area contributed by atoms with Crippen molar-refractivity contribution in [3.05, 3.63) is 23.8 Å². The molecule has 0 radical (unpaired) electrons. The van der Waals surface area contributed by atoms with Gasteiger partial charge in [-0.2, -0.15) is 5.26 Å². The Morgan fingerprint density at radius 1 is 1.60 bits per heavy atom. The first-order valence-electron chi connectivity index (χ1n) is 3.53. The highest BCUT2D eigenvalue weighted by molar-refractivity contribution is 5.15. The summed E-state index contributed by atoms with van der Waals surface area (Å²) in [5.74, 6) is 0. The van der Waals surface area contributed by atoms with Crippen molar-refractivity contribution in [3.8, 4) is 6.07 Å². The van der Waals surface area contributed by atoms with Crippen LogP contribution in [0.4, 0.5) is 0 Å². The maximum absolute atomic E-state index is 8.14. The zero-order chi connectivity index (χ0) is 7.82. The van der Waals surface area contributed by atoms with Crippen molar-refractivity contribution in [1.82, 2.24) is 0 Å². The number of hydrogen-bond donors (Lipinski definition) is 0. The molecule has 0 N–H and O–H groups in total. The van der Waals surface area contributed by atoms with Crippen molar-refractivity contribution in [2.75, 3.05) is 0 Å². The molecule has 0 aromatic rings. The molecular weight excluding hydrogens is 122 g/mol. The Morgan fingerprint density at radius 2 is 2.30 bits per heavy atom. The van der Waals surface area contributed by atoms with Crippen LogP contribution in [0, 0.1) is 11.3 Å². The van der Waals surface area contributed by atoms with Crippen LogP contribution >= 0.6 is 0 Å². The third kappa shape index (κ3) is 5.11. The Hall–Kier alpha value is -1.03. The zero-order valence-electron chi connectivity index (χ0n) is 6.59. The molecule has 0 atom stereocenters. The summed E-state index contributed by atoms with van der Waals surface area (Å²) in [4.78, 5) is 0. The van der Waals surface area contributed by atoms with E-state index in [2.05, 4.69) is 13.8 Å². The van der Waals surface area contributed by atoms with E-state index >= 15 is 0 Å². The maximum atomic E-state index is 8.14. The Labute approximate surface area is 62.7 Å². The average Bonchev–Trinajstić information content (AvgIpc) is 1.89. The number of hydrogen-bond acceptors (Lipinski definition) is 1. The van der Waals surface area contributed by atoms with Gasteiger partial charge in [0.15, 0.2) is 0 Å². The molecule has 0 aliphatic rings. The number of nitrogens with zero attached hydrogens (tertiary/aromatic N) is 1. The SMILES string of the molecule is CCCC(C)=CC=CC#N. The van der Waals surface area contributed by atoms with E-state index in [1.54, 1.807) is 6.08 Å². The highest BCUT2D eigenvalue weighted by Gasteiger charge is 1.81. The highest BCUT2D eigenvalue weighted by Crippen LogP contribution is 2.02. The van der Waals surface area contributed by atoms with Gasteiger partial charge in [-0.05, 0) is 13.3 Å². The summed E-state index contributed by atoms with van der Waals surface area (Å²) in [6.07, 6.45) is 7.54. The zero-order valence-corrected chi connectivity index (χ0v) is 6.59. The first kappa shape index (κ1) is 8.97. The molecule has 0 unspecified atom stereocenters. The van der Waals surface area contributed by atoms with E-state index < -0.39 is 0 Å². The van der Waals surface area contributed by atoms with Crippen LogP contribution in [0.25, 0.3) is 0 Å². The molecule has 0 saturated heterocycles. The van der Waals surface area contributed by atoms with E-state index in [0.717, 1.165) is 6.42 Å². The molecule has 0 heterocycles. The van der Waals surface area contributed by atoms with E-state index in [0.29, 0.717) is 0 Å². The summed E-state index contributed by atoms with van der Waals surface area (Å²) in [6, 6.07) is 1.94. The standard InChI is InChI=1S/C9H13N/c1-3-6-9(2)7-4-5-8-10/h4-5,7H,3,6H2,1-2H3. The minimum Gasteiger partial charge on any atom is -0.193 e. The number of rotatable bonds is 3. The van der Waals surface area contributed by atoms with Crippen molar-refractivity contribution in [3.63, 3.8) is 0 Å². The van der Waals surface area contributed by atoms with E-state index in [4.69, 9.17) is 5.26 Å². The summed E-state index contributed by atoms with van der Waals surface area (Å²) in [5, 5.41) is 8.14. The third-order valence-corrected chi connectivity index (χ3v) is 1.20. The van der Waals surface area contributed by atoms with Gasteiger partial charge in [0.25, 0.3) is 0 Å². The van der Waals surface area contributed by atoms with E-state index in [1.807, 2.05) is 12.1 Å². The van der Waals surface area contributed by atoms with Gasteiger partial charge >= 0.3 is 0 Å². The molecule has 0 saturated carbocycles. The lowest BCUT2D eigenvalue weighted by molar-refractivity contribution is 0.906. The Balaban J connectivity index is 3.70. The van der Waals surface area contributed by atoms with Crippen LogP contribution in [0.2, 0.25) is 0 Å². The average molecular weight is 135 g/mol. The molecule has 1 heteroatoms. The second-order valence-corrected chi connectivity index (χ2v) is 2.25. The molecule has 0 amide bonds. The predicted molar refractivity (Wildman–Crippen MR) is 43.4 cm³/mol. The second-order valence-electron chi connectivity index (χ2n) is 2.25. The normalized spacial score (nSPS) is 11.9. The molecule has 0 aromatic carbocycles. The first-order chi connectivity index (χ1) is 4.81. The van der Waals surface area contributed by atoms with Crippen molar-refractivity contribution < 1.29 is 0 Å². The monoisotopic (exact) mass is 135 g/mol.